The Kier molecular flexibility index (Phi) is 4.98. The van der Waals surface area contributed by atoms with Crippen molar-refractivity contribution in [1.29, 1.82) is 5.26 Å². The van der Waals surface area contributed by atoms with Gasteiger partial charge in [-0.2, -0.15) is 5.26 Å². The highest BCUT2D eigenvalue weighted by Gasteiger charge is 2.21. The van der Waals surface area contributed by atoms with E-state index in [0.29, 0.717) is 6.54 Å². The zero-order valence-electron chi connectivity index (χ0n) is 16.7. The molecule has 0 bridgehead atoms. The Morgan fingerprint density at radius 3 is 2.47 bits per heavy atom. The molecule has 0 aliphatic heterocycles. The Labute approximate surface area is 172 Å². The lowest BCUT2D eigenvalue weighted by Gasteiger charge is -2.20. The minimum atomic E-state index is -0.605. The van der Waals surface area contributed by atoms with Gasteiger partial charge >= 0.3 is 5.69 Å². The molecule has 0 radical (unpaired) electrons. The zero-order valence-corrected chi connectivity index (χ0v) is 16.7. The van der Waals surface area contributed by atoms with E-state index in [4.69, 9.17) is 0 Å². The Bertz CT molecular complexity index is 1370. The van der Waals surface area contributed by atoms with Crippen LogP contribution >= 0.6 is 0 Å². The minimum absolute atomic E-state index is 0.0620. The van der Waals surface area contributed by atoms with E-state index in [9.17, 15) is 14.9 Å². The molecule has 0 aliphatic carbocycles. The Morgan fingerprint density at radius 2 is 1.73 bits per heavy atom. The monoisotopic (exact) mass is 399 g/mol. The van der Waals surface area contributed by atoms with Gasteiger partial charge in [0.25, 0.3) is 5.56 Å². The fourth-order valence-electron chi connectivity index (χ4n) is 3.83. The van der Waals surface area contributed by atoms with E-state index >= 15 is 0 Å². The van der Waals surface area contributed by atoms with Crippen LogP contribution in [0, 0.1) is 11.3 Å². The lowest BCUT2D eigenvalue weighted by Crippen LogP contribution is -2.40. The van der Waals surface area contributed by atoms with Gasteiger partial charge in [-0.05, 0) is 17.2 Å². The van der Waals surface area contributed by atoms with Crippen LogP contribution in [0.2, 0.25) is 0 Å². The molecule has 0 spiro atoms. The molecule has 4 aromatic rings. The highest BCUT2D eigenvalue weighted by molar-refractivity contribution is 5.84. The molecule has 7 heteroatoms. The van der Waals surface area contributed by atoms with Crippen LogP contribution in [0.3, 0.4) is 0 Å². The molecule has 0 saturated heterocycles. The molecule has 0 aliphatic rings. The SMILES string of the molecule is Cn1c(NC[C@@H](c2ccccc2)c2c[nH]c3ccccc23)c(C#N)c(=O)n(C)c1=O. The number of hydrogen-bond acceptors (Lipinski definition) is 4. The quantitative estimate of drug-likeness (QED) is 0.539. The number of aromatic nitrogens is 3. The predicted molar refractivity (Wildman–Crippen MR) is 117 cm³/mol. The number of hydrogen-bond donors (Lipinski definition) is 2. The van der Waals surface area contributed by atoms with Gasteiger partial charge in [-0.3, -0.25) is 13.9 Å². The van der Waals surface area contributed by atoms with Gasteiger partial charge in [-0.15, -0.1) is 0 Å². The van der Waals surface area contributed by atoms with Crippen molar-refractivity contribution in [2.45, 2.75) is 5.92 Å². The number of anilines is 1. The van der Waals surface area contributed by atoms with Crippen LogP contribution in [0.15, 0.2) is 70.4 Å². The first-order chi connectivity index (χ1) is 14.5. The molecule has 0 amide bonds. The van der Waals surface area contributed by atoms with Crippen molar-refractivity contribution in [3.05, 3.63) is 98.3 Å². The first-order valence-corrected chi connectivity index (χ1v) is 9.58. The summed E-state index contributed by atoms with van der Waals surface area (Å²) in [5.41, 5.74) is 2.05. The summed E-state index contributed by atoms with van der Waals surface area (Å²) in [4.78, 5) is 28.1. The second-order valence-electron chi connectivity index (χ2n) is 7.17. The summed E-state index contributed by atoms with van der Waals surface area (Å²) in [7, 11) is 2.92. The number of fused-ring (bicyclic) bond motifs is 1. The van der Waals surface area contributed by atoms with E-state index in [2.05, 4.69) is 16.4 Å². The van der Waals surface area contributed by atoms with Crippen LogP contribution < -0.4 is 16.6 Å². The summed E-state index contributed by atoms with van der Waals surface area (Å²) in [6, 6.07) is 20.0. The third-order valence-corrected chi connectivity index (χ3v) is 5.45. The van der Waals surface area contributed by atoms with Crippen molar-refractivity contribution in [3.63, 3.8) is 0 Å². The number of benzene rings is 2. The number of rotatable bonds is 5. The van der Waals surface area contributed by atoms with Gasteiger partial charge in [-0.25, -0.2) is 4.79 Å². The maximum Gasteiger partial charge on any atom is 0.332 e. The molecule has 2 aromatic heterocycles. The topological polar surface area (TPSA) is 95.6 Å². The first kappa shape index (κ1) is 19.3. The largest absolute Gasteiger partial charge is 0.369 e. The maximum absolute atomic E-state index is 12.4. The molecular formula is C23H21N5O2. The second kappa shape index (κ2) is 7.76. The fourth-order valence-corrected chi connectivity index (χ4v) is 3.83. The number of nitrogens with zero attached hydrogens (tertiary/aromatic N) is 3. The van der Waals surface area contributed by atoms with Crippen LogP contribution in [0.25, 0.3) is 10.9 Å². The molecule has 2 heterocycles. The molecule has 2 N–H and O–H groups in total. The number of para-hydroxylation sites is 1. The Hall–Kier alpha value is -4.05. The van der Waals surface area contributed by atoms with Crippen molar-refractivity contribution in [2.75, 3.05) is 11.9 Å². The summed E-state index contributed by atoms with van der Waals surface area (Å²) in [6.07, 6.45) is 1.98. The number of nitrogens with one attached hydrogen (secondary N) is 2. The highest BCUT2D eigenvalue weighted by atomic mass is 16.2. The van der Waals surface area contributed by atoms with Gasteiger partial charge < -0.3 is 10.3 Å². The van der Waals surface area contributed by atoms with Crippen molar-refractivity contribution in [3.8, 4) is 6.07 Å². The predicted octanol–water partition coefficient (Wildman–Crippen LogP) is 2.68. The minimum Gasteiger partial charge on any atom is -0.369 e. The van der Waals surface area contributed by atoms with E-state index in [1.807, 2.05) is 60.8 Å². The smallest absolute Gasteiger partial charge is 0.332 e. The van der Waals surface area contributed by atoms with Gasteiger partial charge in [0.2, 0.25) is 0 Å². The van der Waals surface area contributed by atoms with E-state index in [1.165, 1.54) is 11.6 Å². The Balaban J connectivity index is 1.80. The van der Waals surface area contributed by atoms with E-state index in [-0.39, 0.29) is 17.3 Å². The van der Waals surface area contributed by atoms with Crippen LogP contribution in [-0.4, -0.2) is 20.7 Å². The summed E-state index contributed by atoms with van der Waals surface area (Å²) in [5, 5.41) is 13.8. The molecule has 2 aromatic carbocycles. The lowest BCUT2D eigenvalue weighted by molar-refractivity contribution is 0.682. The van der Waals surface area contributed by atoms with Gasteiger partial charge in [0.1, 0.15) is 11.9 Å². The van der Waals surface area contributed by atoms with Gasteiger partial charge in [0, 0.05) is 43.7 Å². The van der Waals surface area contributed by atoms with E-state index < -0.39 is 11.2 Å². The highest BCUT2D eigenvalue weighted by Crippen LogP contribution is 2.31. The normalized spacial score (nSPS) is 11.9. The third-order valence-electron chi connectivity index (χ3n) is 5.45. The van der Waals surface area contributed by atoms with Crippen LogP contribution in [0.5, 0.6) is 0 Å². The Morgan fingerprint density at radius 1 is 1.03 bits per heavy atom. The van der Waals surface area contributed by atoms with Crippen LogP contribution in [0.4, 0.5) is 5.82 Å². The van der Waals surface area contributed by atoms with Crippen LogP contribution in [0.1, 0.15) is 22.6 Å². The third kappa shape index (κ3) is 3.18. The van der Waals surface area contributed by atoms with Crippen molar-refractivity contribution in [2.24, 2.45) is 14.1 Å². The second-order valence-corrected chi connectivity index (χ2v) is 7.17. The molecular weight excluding hydrogens is 378 g/mol. The zero-order chi connectivity index (χ0) is 21.3. The summed E-state index contributed by atoms with van der Waals surface area (Å²) in [6.45, 7) is 0.404. The summed E-state index contributed by atoms with van der Waals surface area (Å²) >= 11 is 0. The first-order valence-electron chi connectivity index (χ1n) is 9.58. The van der Waals surface area contributed by atoms with Gasteiger partial charge in [0.15, 0.2) is 5.56 Å². The molecule has 1 atom stereocenters. The van der Waals surface area contributed by atoms with Gasteiger partial charge in [-0.1, -0.05) is 48.5 Å². The molecule has 4 rings (SSSR count). The lowest BCUT2D eigenvalue weighted by atomic mass is 9.91. The maximum atomic E-state index is 12.4. The van der Waals surface area contributed by atoms with Crippen molar-refractivity contribution >= 4 is 16.7 Å². The molecule has 150 valence electrons. The number of nitriles is 1. The van der Waals surface area contributed by atoms with Crippen molar-refractivity contribution < 1.29 is 0 Å². The van der Waals surface area contributed by atoms with E-state index in [0.717, 1.165) is 26.6 Å². The standard InChI is InChI=1S/C23H21N5O2/c1-27-21(17(12-24)22(29)28(2)23(27)30)26-13-18(15-8-4-3-5-9-15)19-14-25-20-11-7-6-10-16(19)20/h3-11,14,18,25-26H,13H2,1-2H3/t18-/m0/s1. The molecule has 0 unspecified atom stereocenters. The van der Waals surface area contributed by atoms with Crippen LogP contribution in [-0.2, 0) is 14.1 Å². The number of H-pyrrole nitrogens is 1. The van der Waals surface area contributed by atoms with Gasteiger partial charge in [0.05, 0.1) is 0 Å². The van der Waals surface area contributed by atoms with E-state index in [1.54, 1.807) is 7.05 Å². The molecule has 7 nitrogen and oxygen atoms in total. The average Bonchev–Trinajstić information content (AvgIpc) is 3.20. The fraction of sp³-hybridized carbons (Fsp3) is 0.174. The average molecular weight is 399 g/mol. The summed E-state index contributed by atoms with van der Waals surface area (Å²) in [5.74, 6) is 0.166. The molecule has 0 saturated carbocycles. The van der Waals surface area contributed by atoms with Crippen molar-refractivity contribution in [1.82, 2.24) is 14.1 Å². The number of aromatic amines is 1. The molecule has 30 heavy (non-hydrogen) atoms. The molecule has 0 fully saturated rings. The summed E-state index contributed by atoms with van der Waals surface area (Å²) < 4.78 is 2.25.